The van der Waals surface area contributed by atoms with Gasteiger partial charge in [-0.2, -0.15) is 6.08 Å². The molecular formula is C17H21FeO3+. The van der Waals surface area contributed by atoms with E-state index in [1.165, 1.54) is 37.7 Å². The number of benzene rings is 1. The zero-order valence-corrected chi connectivity index (χ0v) is 13.2. The van der Waals surface area contributed by atoms with Crippen molar-refractivity contribution in [3.8, 4) is 0 Å². The largest absolute Gasteiger partial charge is 2.00 e. The van der Waals surface area contributed by atoms with Gasteiger partial charge in [-0.05, 0) is 5.56 Å². The van der Waals surface area contributed by atoms with Crippen molar-refractivity contribution in [2.75, 3.05) is 0 Å². The minimum Gasteiger partial charge on any atom is -0.582 e. The topological polar surface area (TPSA) is 49.0 Å². The number of ether oxygens (including phenoxy) is 1. The molecular weight excluding hydrogens is 308 g/mol. The third-order valence-electron chi connectivity index (χ3n) is 2.54. The van der Waals surface area contributed by atoms with Crippen LogP contribution in [0, 0.1) is 20.2 Å². The summed E-state index contributed by atoms with van der Waals surface area (Å²) >= 11 is 0. The molecule has 0 N–H and O–H groups in total. The number of hydrogen-bond acceptors (Lipinski definition) is 1. The van der Waals surface area contributed by atoms with Crippen LogP contribution < -0.4 is 0 Å². The molecule has 1 aliphatic carbocycles. The standard InChI is InChI=1S/C10H11O.C5H10.2CO.Fe/c1-2-8-11-9-10-6-4-3-5-7-10;1-2-4-5-3-1;2*1-2;/h2-8H,1,9H2;1-5H2;;;/q-1;;;;+2/b8-2+;;;;. The molecule has 0 spiro atoms. The first kappa shape index (κ1) is 24.6. The van der Waals surface area contributed by atoms with Crippen LogP contribution in [0.15, 0.2) is 42.7 Å². The van der Waals surface area contributed by atoms with Crippen molar-refractivity contribution < 1.29 is 31.1 Å². The molecule has 0 aliphatic heterocycles. The smallest absolute Gasteiger partial charge is 0.582 e. The van der Waals surface area contributed by atoms with E-state index < -0.39 is 0 Å². The van der Waals surface area contributed by atoms with Gasteiger partial charge in [0.1, 0.15) is 0 Å². The Balaban J connectivity index is -0.000000273. The van der Waals surface area contributed by atoms with Crippen molar-refractivity contribution in [2.45, 2.75) is 38.7 Å². The van der Waals surface area contributed by atoms with Crippen molar-refractivity contribution in [3.63, 3.8) is 0 Å². The molecule has 2 rings (SSSR count). The molecule has 1 aromatic rings. The Hall–Kier alpha value is -1.37. The van der Waals surface area contributed by atoms with Crippen LogP contribution in [0.5, 0.6) is 0 Å². The van der Waals surface area contributed by atoms with Crippen LogP contribution in [-0.4, -0.2) is 0 Å². The molecule has 1 aliphatic rings. The van der Waals surface area contributed by atoms with Gasteiger partial charge in [-0.15, -0.1) is 0 Å². The zero-order chi connectivity index (χ0) is 15.5. The van der Waals surface area contributed by atoms with E-state index in [9.17, 15) is 0 Å². The summed E-state index contributed by atoms with van der Waals surface area (Å²) in [5.74, 6) is 0. The maximum absolute atomic E-state index is 7.50. The summed E-state index contributed by atoms with van der Waals surface area (Å²) in [5, 5.41) is 0. The molecule has 3 nitrogen and oxygen atoms in total. The third-order valence-corrected chi connectivity index (χ3v) is 2.54. The van der Waals surface area contributed by atoms with E-state index in [1.54, 1.807) is 12.3 Å². The van der Waals surface area contributed by atoms with Gasteiger partial charge in [-0.3, -0.25) is 0 Å². The summed E-state index contributed by atoms with van der Waals surface area (Å²) < 4.78 is 20.1. The normalized spacial score (nSPS) is 11.2. The van der Waals surface area contributed by atoms with E-state index in [0.717, 1.165) is 0 Å². The summed E-state index contributed by atoms with van der Waals surface area (Å²) in [5.41, 5.74) is 1.17. The fourth-order valence-corrected chi connectivity index (χ4v) is 1.67. The second kappa shape index (κ2) is 23.7. The van der Waals surface area contributed by atoms with Crippen molar-refractivity contribution in [1.82, 2.24) is 0 Å². The Kier molecular flexibility index (Phi) is 27.8. The van der Waals surface area contributed by atoms with Crippen LogP contribution >= 0.6 is 0 Å². The molecule has 1 saturated carbocycles. The first-order valence-electron chi connectivity index (χ1n) is 6.44. The Morgan fingerprint density at radius 3 is 1.76 bits per heavy atom. The molecule has 0 unspecified atom stereocenters. The Bertz CT molecular complexity index is 340. The van der Waals surface area contributed by atoms with Gasteiger partial charge in [0.05, 0.1) is 6.61 Å². The summed E-state index contributed by atoms with van der Waals surface area (Å²) in [6, 6.07) is 10.0. The maximum atomic E-state index is 7.50. The monoisotopic (exact) mass is 329 g/mol. The van der Waals surface area contributed by atoms with Gasteiger partial charge in [-0.1, -0.05) is 68.7 Å². The first-order chi connectivity index (χ1) is 9.93. The molecule has 4 heteroatoms. The molecule has 1 fully saturated rings. The second-order valence-electron chi connectivity index (χ2n) is 3.94. The molecule has 114 valence electrons. The summed E-state index contributed by atoms with van der Waals surface area (Å²) in [6.07, 6.45) is 10.7. The van der Waals surface area contributed by atoms with Gasteiger partial charge >= 0.3 is 39.7 Å². The number of rotatable bonds is 3. The van der Waals surface area contributed by atoms with Crippen molar-refractivity contribution in [1.29, 1.82) is 0 Å². The maximum Gasteiger partial charge on any atom is 2.00 e. The number of allylic oxidation sites excluding steroid dienone is 1. The summed E-state index contributed by atoms with van der Waals surface area (Å²) in [6.45, 7) is 13.1. The van der Waals surface area contributed by atoms with Crippen LogP contribution in [0.3, 0.4) is 0 Å². The Labute approximate surface area is 138 Å². The second-order valence-corrected chi connectivity index (χ2v) is 3.94. The quantitative estimate of drug-likeness (QED) is 0.350. The van der Waals surface area contributed by atoms with Crippen molar-refractivity contribution >= 4 is 0 Å². The molecule has 0 heterocycles. The number of hydrogen-bond donors (Lipinski definition) is 0. The SMILES string of the molecule is C1CCCC1.[C-]#[O+].[C-]#[O+].[CH2-]/C=C/OCc1ccccc1.[Fe+2]. The van der Waals surface area contributed by atoms with E-state index in [2.05, 4.69) is 20.2 Å². The molecule has 0 aromatic heterocycles. The molecule has 1 aromatic carbocycles. The van der Waals surface area contributed by atoms with E-state index in [-0.39, 0.29) is 17.1 Å². The van der Waals surface area contributed by atoms with Gasteiger partial charge in [0.15, 0.2) is 0 Å². The van der Waals surface area contributed by atoms with Gasteiger partial charge < -0.3 is 4.74 Å². The Morgan fingerprint density at radius 1 is 0.952 bits per heavy atom. The van der Waals surface area contributed by atoms with Gasteiger partial charge in [0.2, 0.25) is 0 Å². The van der Waals surface area contributed by atoms with E-state index in [4.69, 9.17) is 14.0 Å². The Morgan fingerprint density at radius 2 is 1.38 bits per heavy atom. The molecule has 0 saturated heterocycles. The van der Waals surface area contributed by atoms with Crippen molar-refractivity contribution in [2.24, 2.45) is 0 Å². The first-order valence-corrected chi connectivity index (χ1v) is 6.44. The van der Waals surface area contributed by atoms with Crippen molar-refractivity contribution in [3.05, 3.63) is 68.5 Å². The van der Waals surface area contributed by atoms with E-state index in [1.807, 2.05) is 30.3 Å². The minimum atomic E-state index is 0. The fraction of sp³-hybridized carbons (Fsp3) is 0.353. The van der Waals surface area contributed by atoms with E-state index >= 15 is 0 Å². The molecule has 0 bridgehead atoms. The van der Waals surface area contributed by atoms with Gasteiger partial charge in [0, 0.05) is 0 Å². The molecule has 21 heavy (non-hydrogen) atoms. The van der Waals surface area contributed by atoms with Crippen LogP contribution in [0.2, 0.25) is 0 Å². The van der Waals surface area contributed by atoms with Crippen LogP contribution in [0.25, 0.3) is 0 Å². The summed E-state index contributed by atoms with van der Waals surface area (Å²) in [7, 11) is 0. The molecule has 0 radical (unpaired) electrons. The zero-order valence-electron chi connectivity index (χ0n) is 12.1. The third kappa shape index (κ3) is 18.6. The van der Waals surface area contributed by atoms with Gasteiger partial charge in [0.25, 0.3) is 0 Å². The predicted molar refractivity (Wildman–Crippen MR) is 76.7 cm³/mol. The predicted octanol–water partition coefficient (Wildman–Crippen LogP) is 4.42. The molecule has 0 atom stereocenters. The average Bonchev–Trinajstić information content (AvgIpc) is 3.12. The van der Waals surface area contributed by atoms with Gasteiger partial charge in [-0.25, -0.2) is 6.92 Å². The van der Waals surface area contributed by atoms with Crippen LogP contribution in [0.1, 0.15) is 37.7 Å². The molecule has 0 amide bonds. The fourth-order valence-electron chi connectivity index (χ4n) is 1.67. The van der Waals surface area contributed by atoms with Crippen LogP contribution in [0.4, 0.5) is 0 Å². The average molecular weight is 329 g/mol. The van der Waals surface area contributed by atoms with Crippen LogP contribution in [-0.2, 0) is 37.7 Å². The summed E-state index contributed by atoms with van der Waals surface area (Å²) in [4.78, 5) is 0. The minimum absolute atomic E-state index is 0. The van der Waals surface area contributed by atoms with E-state index in [0.29, 0.717) is 6.61 Å².